The summed E-state index contributed by atoms with van der Waals surface area (Å²) >= 11 is 0. The van der Waals surface area contributed by atoms with E-state index in [0.29, 0.717) is 6.54 Å². The van der Waals surface area contributed by atoms with Crippen LogP contribution in [0.3, 0.4) is 0 Å². The zero-order valence-electron chi connectivity index (χ0n) is 16.0. The molecule has 1 aliphatic carbocycles. The predicted octanol–water partition coefficient (Wildman–Crippen LogP) is 4.41. The van der Waals surface area contributed by atoms with Gasteiger partial charge in [-0.3, -0.25) is 0 Å². The Hall–Kier alpha value is -2.04. The minimum Gasteiger partial charge on any atom is -0.497 e. The summed E-state index contributed by atoms with van der Waals surface area (Å²) in [6.45, 7) is 3.15. The standard InChI is InChI=1S/C22H29NO3/c1-16(18-9-8-17-6-4-5-7-19(17)12-18)23-14-20-13-21(25-3)10-11-22(20)26-15-24-2/h8-13,16,23H,4-7,14-15H2,1-3H3/t16-/m1/s1. The zero-order chi connectivity index (χ0) is 18.4. The Labute approximate surface area is 156 Å². The number of benzene rings is 2. The van der Waals surface area contributed by atoms with Gasteiger partial charge >= 0.3 is 0 Å². The molecule has 0 aliphatic heterocycles. The van der Waals surface area contributed by atoms with Crippen molar-refractivity contribution in [1.82, 2.24) is 5.32 Å². The molecule has 0 fully saturated rings. The number of fused-ring (bicyclic) bond motifs is 1. The van der Waals surface area contributed by atoms with Crippen LogP contribution >= 0.6 is 0 Å². The van der Waals surface area contributed by atoms with E-state index in [9.17, 15) is 0 Å². The molecule has 0 spiro atoms. The van der Waals surface area contributed by atoms with Gasteiger partial charge in [0.2, 0.25) is 0 Å². The smallest absolute Gasteiger partial charge is 0.188 e. The highest BCUT2D eigenvalue weighted by Crippen LogP contribution is 2.27. The number of ether oxygens (including phenoxy) is 3. The molecule has 0 aromatic heterocycles. The first-order chi connectivity index (χ1) is 12.7. The molecule has 26 heavy (non-hydrogen) atoms. The summed E-state index contributed by atoms with van der Waals surface area (Å²) in [6.07, 6.45) is 5.06. The Morgan fingerprint density at radius 3 is 2.58 bits per heavy atom. The van der Waals surface area contributed by atoms with Crippen LogP contribution in [0.25, 0.3) is 0 Å². The highest BCUT2D eigenvalue weighted by molar-refractivity contribution is 5.40. The average molecular weight is 355 g/mol. The molecule has 1 N–H and O–H groups in total. The maximum absolute atomic E-state index is 5.68. The second kappa shape index (κ2) is 9.06. The fourth-order valence-electron chi connectivity index (χ4n) is 3.49. The SMILES string of the molecule is COCOc1ccc(OC)cc1CN[C@H](C)c1ccc2c(c1)CCCC2. The van der Waals surface area contributed by atoms with Gasteiger partial charge in [0.15, 0.2) is 6.79 Å². The molecule has 0 saturated heterocycles. The molecule has 2 aromatic rings. The van der Waals surface area contributed by atoms with Crippen molar-refractivity contribution in [3.05, 3.63) is 58.7 Å². The lowest BCUT2D eigenvalue weighted by Gasteiger charge is -2.21. The summed E-state index contributed by atoms with van der Waals surface area (Å²) in [5, 5.41) is 3.61. The van der Waals surface area contributed by atoms with Gasteiger partial charge in [-0.15, -0.1) is 0 Å². The van der Waals surface area contributed by atoms with Gasteiger partial charge < -0.3 is 19.5 Å². The predicted molar refractivity (Wildman–Crippen MR) is 104 cm³/mol. The quantitative estimate of drug-likeness (QED) is 0.712. The van der Waals surface area contributed by atoms with Crippen molar-refractivity contribution in [2.24, 2.45) is 0 Å². The van der Waals surface area contributed by atoms with Crippen LogP contribution in [0.5, 0.6) is 11.5 Å². The number of hydrogen-bond donors (Lipinski definition) is 1. The van der Waals surface area contributed by atoms with Crippen molar-refractivity contribution >= 4 is 0 Å². The van der Waals surface area contributed by atoms with Gasteiger partial charge in [0, 0.05) is 25.3 Å². The van der Waals surface area contributed by atoms with Gasteiger partial charge in [-0.05, 0) is 67.5 Å². The monoisotopic (exact) mass is 355 g/mol. The molecule has 0 radical (unpaired) electrons. The van der Waals surface area contributed by atoms with Crippen molar-refractivity contribution in [2.75, 3.05) is 21.0 Å². The third-order valence-corrected chi connectivity index (χ3v) is 5.07. The van der Waals surface area contributed by atoms with E-state index >= 15 is 0 Å². The molecule has 1 atom stereocenters. The molecule has 0 heterocycles. The van der Waals surface area contributed by atoms with E-state index in [1.54, 1.807) is 14.2 Å². The van der Waals surface area contributed by atoms with Crippen LogP contribution in [-0.2, 0) is 24.1 Å². The third kappa shape index (κ3) is 4.57. The van der Waals surface area contributed by atoms with Gasteiger partial charge in [0.05, 0.1) is 7.11 Å². The van der Waals surface area contributed by atoms with Gasteiger partial charge in [-0.25, -0.2) is 0 Å². The molecule has 4 heteroatoms. The van der Waals surface area contributed by atoms with Crippen molar-refractivity contribution in [3.63, 3.8) is 0 Å². The Morgan fingerprint density at radius 1 is 1.00 bits per heavy atom. The molecule has 0 saturated carbocycles. The molecule has 0 amide bonds. The summed E-state index contributed by atoms with van der Waals surface area (Å²) in [5.74, 6) is 1.64. The summed E-state index contributed by atoms with van der Waals surface area (Å²) in [7, 11) is 3.30. The molecule has 0 unspecified atom stereocenters. The summed E-state index contributed by atoms with van der Waals surface area (Å²) in [5.41, 5.74) is 5.45. The highest BCUT2D eigenvalue weighted by atomic mass is 16.7. The fourth-order valence-corrected chi connectivity index (χ4v) is 3.49. The molecule has 4 nitrogen and oxygen atoms in total. The molecular formula is C22H29NO3. The van der Waals surface area contributed by atoms with Crippen molar-refractivity contribution in [2.45, 2.75) is 45.2 Å². The van der Waals surface area contributed by atoms with E-state index in [1.807, 2.05) is 18.2 Å². The van der Waals surface area contributed by atoms with E-state index in [-0.39, 0.29) is 12.8 Å². The van der Waals surface area contributed by atoms with Crippen molar-refractivity contribution < 1.29 is 14.2 Å². The van der Waals surface area contributed by atoms with E-state index in [0.717, 1.165) is 17.1 Å². The van der Waals surface area contributed by atoms with Gasteiger partial charge in [-0.2, -0.15) is 0 Å². The number of nitrogens with one attached hydrogen (secondary N) is 1. The lowest BCUT2D eigenvalue weighted by atomic mass is 9.89. The Balaban J connectivity index is 1.69. The summed E-state index contributed by atoms with van der Waals surface area (Å²) in [6, 6.07) is 13.1. The van der Waals surface area contributed by atoms with Crippen LogP contribution in [0.15, 0.2) is 36.4 Å². The summed E-state index contributed by atoms with van der Waals surface area (Å²) < 4.78 is 16.1. The molecule has 0 bridgehead atoms. The van der Waals surface area contributed by atoms with Crippen LogP contribution in [0.4, 0.5) is 0 Å². The number of methoxy groups -OCH3 is 2. The number of hydrogen-bond acceptors (Lipinski definition) is 4. The minimum absolute atomic E-state index is 0.236. The van der Waals surface area contributed by atoms with Crippen molar-refractivity contribution in [1.29, 1.82) is 0 Å². The topological polar surface area (TPSA) is 39.7 Å². The lowest BCUT2D eigenvalue weighted by Crippen LogP contribution is -2.19. The highest BCUT2D eigenvalue weighted by Gasteiger charge is 2.13. The molecule has 140 valence electrons. The molecular weight excluding hydrogens is 326 g/mol. The van der Waals surface area contributed by atoms with E-state index in [1.165, 1.54) is 42.4 Å². The first-order valence-electron chi connectivity index (χ1n) is 9.35. The normalized spacial score (nSPS) is 14.6. The van der Waals surface area contributed by atoms with E-state index in [4.69, 9.17) is 14.2 Å². The molecule has 2 aromatic carbocycles. The van der Waals surface area contributed by atoms with Crippen LogP contribution < -0.4 is 14.8 Å². The van der Waals surface area contributed by atoms with Crippen LogP contribution in [-0.4, -0.2) is 21.0 Å². The van der Waals surface area contributed by atoms with E-state index < -0.39 is 0 Å². The maximum Gasteiger partial charge on any atom is 0.188 e. The summed E-state index contributed by atoms with van der Waals surface area (Å²) in [4.78, 5) is 0. The average Bonchev–Trinajstić information content (AvgIpc) is 2.70. The fraction of sp³-hybridized carbons (Fsp3) is 0.455. The first-order valence-corrected chi connectivity index (χ1v) is 9.35. The zero-order valence-corrected chi connectivity index (χ0v) is 16.0. The maximum atomic E-state index is 5.68. The lowest BCUT2D eigenvalue weighted by molar-refractivity contribution is 0.0503. The van der Waals surface area contributed by atoms with Crippen LogP contribution in [0.1, 0.15) is 48.1 Å². The van der Waals surface area contributed by atoms with Gasteiger partial charge in [0.1, 0.15) is 11.5 Å². The van der Waals surface area contributed by atoms with E-state index in [2.05, 4.69) is 30.4 Å². The molecule has 1 aliphatic rings. The second-order valence-electron chi connectivity index (χ2n) is 6.86. The third-order valence-electron chi connectivity index (χ3n) is 5.07. The number of rotatable bonds is 8. The second-order valence-corrected chi connectivity index (χ2v) is 6.86. The molecule has 3 rings (SSSR count). The van der Waals surface area contributed by atoms with Crippen molar-refractivity contribution in [3.8, 4) is 11.5 Å². The van der Waals surface area contributed by atoms with Gasteiger partial charge in [-0.1, -0.05) is 18.2 Å². The largest absolute Gasteiger partial charge is 0.497 e. The Morgan fingerprint density at radius 2 is 1.81 bits per heavy atom. The van der Waals surface area contributed by atoms with Crippen LogP contribution in [0.2, 0.25) is 0 Å². The van der Waals surface area contributed by atoms with Crippen LogP contribution in [0, 0.1) is 0 Å². The Kier molecular flexibility index (Phi) is 6.53. The van der Waals surface area contributed by atoms with Gasteiger partial charge in [0.25, 0.3) is 0 Å². The minimum atomic E-state index is 0.236. The number of aryl methyl sites for hydroxylation is 2. The first kappa shape index (κ1) is 18.7. The Bertz CT molecular complexity index is 729.